The number of halogens is 1. The second kappa shape index (κ2) is 6.68. The van der Waals surface area contributed by atoms with Gasteiger partial charge < -0.3 is 0 Å². The fourth-order valence-corrected chi connectivity index (χ4v) is 4.41. The first-order chi connectivity index (χ1) is 13.3. The zero-order chi connectivity index (χ0) is 18.2. The van der Waals surface area contributed by atoms with Gasteiger partial charge in [0.25, 0.3) is 0 Å². The van der Waals surface area contributed by atoms with E-state index in [0.717, 1.165) is 4.47 Å². The average Bonchev–Trinajstić information content (AvgIpc) is 2.74. The van der Waals surface area contributed by atoms with Crippen LogP contribution in [0, 0.1) is 0 Å². The highest BCUT2D eigenvalue weighted by atomic mass is 79.9. The Morgan fingerprint density at radius 1 is 0.407 bits per heavy atom. The molecule has 5 aromatic rings. The highest BCUT2D eigenvalue weighted by Gasteiger charge is 2.13. The topological polar surface area (TPSA) is 0 Å². The number of fused-ring (bicyclic) bond motifs is 3. The van der Waals surface area contributed by atoms with Crippen LogP contribution in [0.25, 0.3) is 43.8 Å². The normalized spacial score (nSPS) is 11.1. The largest absolute Gasteiger partial charge is 0.0616 e. The molecule has 1 heteroatoms. The molecule has 0 amide bonds. The molecule has 0 spiro atoms. The summed E-state index contributed by atoms with van der Waals surface area (Å²) >= 11 is 3.73. The predicted molar refractivity (Wildman–Crippen MR) is 120 cm³/mol. The first kappa shape index (κ1) is 16.3. The molecule has 0 unspecified atom stereocenters. The van der Waals surface area contributed by atoms with Crippen LogP contribution in [0.1, 0.15) is 0 Å². The molecule has 0 aromatic heterocycles. The Hall–Kier alpha value is -2.90. The third kappa shape index (κ3) is 2.75. The molecule has 0 aliphatic rings. The van der Waals surface area contributed by atoms with E-state index in [0.29, 0.717) is 0 Å². The van der Waals surface area contributed by atoms with E-state index in [1.165, 1.54) is 43.8 Å². The lowest BCUT2D eigenvalue weighted by molar-refractivity contribution is 1.57. The average molecular weight is 409 g/mol. The van der Waals surface area contributed by atoms with Crippen LogP contribution in [0.2, 0.25) is 0 Å². The van der Waals surface area contributed by atoms with Gasteiger partial charge in [0.05, 0.1) is 0 Å². The first-order valence-electron chi connectivity index (χ1n) is 9.08. The van der Waals surface area contributed by atoms with E-state index in [4.69, 9.17) is 0 Å². The monoisotopic (exact) mass is 408 g/mol. The molecule has 0 radical (unpaired) electrons. The summed E-state index contributed by atoms with van der Waals surface area (Å²) in [6.07, 6.45) is 0. The second-order valence-corrected chi connectivity index (χ2v) is 7.57. The summed E-state index contributed by atoms with van der Waals surface area (Å²) in [6.45, 7) is 0. The van der Waals surface area contributed by atoms with Crippen LogP contribution < -0.4 is 0 Å². The summed E-state index contributed by atoms with van der Waals surface area (Å²) in [5.74, 6) is 0. The second-order valence-electron chi connectivity index (χ2n) is 6.72. The minimum absolute atomic E-state index is 1.11. The van der Waals surface area contributed by atoms with Gasteiger partial charge in [-0.2, -0.15) is 0 Å². The summed E-state index contributed by atoms with van der Waals surface area (Å²) in [5.41, 5.74) is 4.98. The SMILES string of the molecule is Brc1ccccc1-c1ccccc1-c1cc2ccccc2c2ccccc12. The van der Waals surface area contributed by atoms with Crippen LogP contribution >= 0.6 is 15.9 Å². The van der Waals surface area contributed by atoms with E-state index >= 15 is 0 Å². The zero-order valence-electron chi connectivity index (χ0n) is 14.7. The Bertz CT molecular complexity index is 1280. The Morgan fingerprint density at radius 2 is 0.926 bits per heavy atom. The van der Waals surface area contributed by atoms with Crippen molar-refractivity contribution in [1.82, 2.24) is 0 Å². The predicted octanol–water partition coefficient (Wildman–Crippen LogP) is 8.09. The van der Waals surface area contributed by atoms with Gasteiger partial charge in [0.1, 0.15) is 0 Å². The summed E-state index contributed by atoms with van der Waals surface area (Å²) in [4.78, 5) is 0. The maximum atomic E-state index is 3.73. The van der Waals surface area contributed by atoms with Crippen molar-refractivity contribution >= 4 is 37.5 Å². The molecule has 0 atom stereocenters. The first-order valence-corrected chi connectivity index (χ1v) is 9.87. The maximum Gasteiger partial charge on any atom is 0.0253 e. The number of rotatable bonds is 2. The molecule has 0 heterocycles. The van der Waals surface area contributed by atoms with Gasteiger partial charge in [0, 0.05) is 4.47 Å². The van der Waals surface area contributed by atoms with Crippen LogP contribution in [0.3, 0.4) is 0 Å². The third-order valence-corrected chi connectivity index (χ3v) is 5.84. The van der Waals surface area contributed by atoms with Crippen LogP contribution in [-0.4, -0.2) is 0 Å². The summed E-state index contributed by atoms with van der Waals surface area (Å²) < 4.78 is 1.11. The smallest absolute Gasteiger partial charge is 0.0253 e. The van der Waals surface area contributed by atoms with Crippen LogP contribution in [0.4, 0.5) is 0 Å². The summed E-state index contributed by atoms with van der Waals surface area (Å²) in [6, 6.07) is 36.8. The van der Waals surface area contributed by atoms with E-state index in [2.05, 4.69) is 119 Å². The van der Waals surface area contributed by atoms with Crippen molar-refractivity contribution in [1.29, 1.82) is 0 Å². The molecule has 27 heavy (non-hydrogen) atoms. The van der Waals surface area contributed by atoms with Gasteiger partial charge in [0.15, 0.2) is 0 Å². The molecule has 128 valence electrons. The standard InChI is InChI=1S/C26H17Br/c27-26-16-8-7-15-24(26)21-12-4-6-14-23(21)25-17-18-9-1-2-10-19(18)20-11-3-5-13-22(20)25/h1-17H. The fourth-order valence-electron chi connectivity index (χ4n) is 3.91. The Balaban J connectivity index is 1.89. The molecular formula is C26H17Br. The lowest BCUT2D eigenvalue weighted by atomic mass is 9.89. The van der Waals surface area contributed by atoms with Crippen LogP contribution in [-0.2, 0) is 0 Å². The lowest BCUT2D eigenvalue weighted by Gasteiger charge is -2.15. The Kier molecular flexibility index (Phi) is 4.03. The van der Waals surface area contributed by atoms with E-state index in [1.807, 2.05) is 0 Å². The Labute approximate surface area is 167 Å². The van der Waals surface area contributed by atoms with E-state index < -0.39 is 0 Å². The molecule has 0 N–H and O–H groups in total. The molecule has 0 nitrogen and oxygen atoms in total. The van der Waals surface area contributed by atoms with Gasteiger partial charge in [-0.3, -0.25) is 0 Å². The molecule has 0 aliphatic heterocycles. The van der Waals surface area contributed by atoms with Crippen molar-refractivity contribution in [2.45, 2.75) is 0 Å². The fraction of sp³-hybridized carbons (Fsp3) is 0. The minimum Gasteiger partial charge on any atom is -0.0616 e. The molecule has 0 bridgehead atoms. The molecule has 0 saturated heterocycles. The number of hydrogen-bond donors (Lipinski definition) is 0. The van der Waals surface area contributed by atoms with E-state index in [1.54, 1.807) is 0 Å². The maximum absolute atomic E-state index is 3.73. The van der Waals surface area contributed by atoms with Crippen molar-refractivity contribution in [3.05, 3.63) is 108 Å². The molecule has 0 aliphatic carbocycles. The molecule has 0 fully saturated rings. The quantitative estimate of drug-likeness (QED) is 0.259. The van der Waals surface area contributed by atoms with Gasteiger partial charge in [-0.05, 0) is 55.9 Å². The zero-order valence-corrected chi connectivity index (χ0v) is 16.3. The van der Waals surface area contributed by atoms with Crippen molar-refractivity contribution in [3.8, 4) is 22.3 Å². The molecule has 5 aromatic carbocycles. The van der Waals surface area contributed by atoms with Crippen molar-refractivity contribution in [3.63, 3.8) is 0 Å². The van der Waals surface area contributed by atoms with Gasteiger partial charge in [-0.15, -0.1) is 0 Å². The van der Waals surface area contributed by atoms with Crippen LogP contribution in [0.5, 0.6) is 0 Å². The minimum atomic E-state index is 1.11. The van der Waals surface area contributed by atoms with Crippen molar-refractivity contribution in [2.75, 3.05) is 0 Å². The van der Waals surface area contributed by atoms with Crippen LogP contribution in [0.15, 0.2) is 108 Å². The summed E-state index contributed by atoms with van der Waals surface area (Å²) in [7, 11) is 0. The van der Waals surface area contributed by atoms with Gasteiger partial charge in [0.2, 0.25) is 0 Å². The van der Waals surface area contributed by atoms with Crippen molar-refractivity contribution < 1.29 is 0 Å². The van der Waals surface area contributed by atoms with Gasteiger partial charge in [-0.25, -0.2) is 0 Å². The number of benzene rings is 5. The van der Waals surface area contributed by atoms with Gasteiger partial charge in [-0.1, -0.05) is 107 Å². The Morgan fingerprint density at radius 3 is 1.67 bits per heavy atom. The third-order valence-electron chi connectivity index (χ3n) is 5.15. The van der Waals surface area contributed by atoms with E-state index in [9.17, 15) is 0 Å². The van der Waals surface area contributed by atoms with Gasteiger partial charge >= 0.3 is 0 Å². The van der Waals surface area contributed by atoms with Crippen molar-refractivity contribution in [2.24, 2.45) is 0 Å². The number of hydrogen-bond acceptors (Lipinski definition) is 0. The molecule has 0 saturated carbocycles. The highest BCUT2D eigenvalue weighted by molar-refractivity contribution is 9.10. The molecule has 5 rings (SSSR count). The lowest BCUT2D eigenvalue weighted by Crippen LogP contribution is -1.89. The van der Waals surface area contributed by atoms with E-state index in [-0.39, 0.29) is 0 Å². The molecular weight excluding hydrogens is 392 g/mol. The highest BCUT2D eigenvalue weighted by Crippen LogP contribution is 2.40. The summed E-state index contributed by atoms with van der Waals surface area (Å²) in [5, 5.41) is 5.16.